The average Bonchev–Trinajstić information content (AvgIpc) is 3.12. The van der Waals surface area contributed by atoms with Gasteiger partial charge in [0.1, 0.15) is 0 Å². The van der Waals surface area contributed by atoms with Gasteiger partial charge in [0, 0.05) is 34.7 Å². The molecule has 2 atom stereocenters. The Morgan fingerprint density at radius 2 is 1.96 bits per heavy atom. The van der Waals surface area contributed by atoms with Gasteiger partial charge < -0.3 is 15.4 Å². The number of carbonyl (C=O) groups is 1. The number of nitrogens with one attached hydrogen (secondary N) is 2. The molecule has 0 aliphatic carbocycles. The van der Waals surface area contributed by atoms with Crippen LogP contribution in [0.25, 0.3) is 0 Å². The lowest BCUT2D eigenvalue weighted by Crippen LogP contribution is -2.49. The molecule has 134 valence electrons. The Morgan fingerprint density at radius 3 is 2.60 bits per heavy atom. The fraction of sp³-hybridized carbons (Fsp3) is 0.389. The summed E-state index contributed by atoms with van der Waals surface area (Å²) in [5.41, 5.74) is 0.716. The van der Waals surface area contributed by atoms with Crippen molar-refractivity contribution in [2.24, 2.45) is 0 Å². The zero-order chi connectivity index (χ0) is 17.6. The number of urea groups is 1. The molecule has 0 spiro atoms. The van der Waals surface area contributed by atoms with E-state index in [1.165, 1.54) is 4.88 Å². The summed E-state index contributed by atoms with van der Waals surface area (Å²) in [5, 5.41) is 8.64. The van der Waals surface area contributed by atoms with Crippen LogP contribution in [0, 0.1) is 0 Å². The highest BCUT2D eigenvalue weighted by molar-refractivity contribution is 7.10. The maximum atomic E-state index is 12.4. The van der Waals surface area contributed by atoms with E-state index in [1.807, 2.05) is 13.0 Å². The predicted octanol–water partition coefficient (Wildman–Crippen LogP) is 3.99. The molecule has 1 aliphatic heterocycles. The first-order valence-electron chi connectivity index (χ1n) is 8.32. The van der Waals surface area contributed by atoms with Crippen molar-refractivity contribution in [2.75, 3.05) is 31.6 Å². The number of nitrogens with zero attached hydrogens (tertiary/aromatic N) is 1. The zero-order valence-corrected chi connectivity index (χ0v) is 15.6. The minimum absolute atomic E-state index is 0.0379. The van der Waals surface area contributed by atoms with Gasteiger partial charge in [0.25, 0.3) is 0 Å². The largest absolute Gasteiger partial charge is 0.379 e. The van der Waals surface area contributed by atoms with E-state index in [4.69, 9.17) is 16.3 Å². The van der Waals surface area contributed by atoms with Gasteiger partial charge in [-0.15, -0.1) is 11.3 Å². The second kappa shape index (κ2) is 8.67. The third-order valence-electron chi connectivity index (χ3n) is 4.21. The van der Waals surface area contributed by atoms with Crippen molar-refractivity contribution in [3.05, 3.63) is 51.7 Å². The second-order valence-corrected chi connectivity index (χ2v) is 7.42. The van der Waals surface area contributed by atoms with Gasteiger partial charge >= 0.3 is 6.03 Å². The first-order chi connectivity index (χ1) is 12.1. The maximum absolute atomic E-state index is 12.4. The third kappa shape index (κ3) is 4.95. The van der Waals surface area contributed by atoms with Crippen LogP contribution in [0.3, 0.4) is 0 Å². The number of halogens is 1. The molecule has 1 aliphatic rings. The number of morpholine rings is 1. The van der Waals surface area contributed by atoms with E-state index in [0.29, 0.717) is 10.7 Å². The van der Waals surface area contributed by atoms with Crippen molar-refractivity contribution >= 4 is 34.7 Å². The van der Waals surface area contributed by atoms with E-state index in [9.17, 15) is 4.79 Å². The molecule has 3 rings (SSSR count). The van der Waals surface area contributed by atoms with Gasteiger partial charge in [0.05, 0.1) is 19.3 Å². The summed E-state index contributed by atoms with van der Waals surface area (Å²) >= 11 is 7.59. The van der Waals surface area contributed by atoms with Gasteiger partial charge in [0.2, 0.25) is 0 Å². The van der Waals surface area contributed by atoms with E-state index in [1.54, 1.807) is 35.6 Å². The van der Waals surface area contributed by atoms with E-state index in [2.05, 4.69) is 27.0 Å². The summed E-state index contributed by atoms with van der Waals surface area (Å²) in [5.74, 6) is 0. The maximum Gasteiger partial charge on any atom is 0.319 e. The van der Waals surface area contributed by atoms with Crippen LogP contribution < -0.4 is 10.6 Å². The molecule has 2 aromatic rings. The molecule has 0 saturated carbocycles. The molecule has 2 amide bonds. The highest BCUT2D eigenvalue weighted by Gasteiger charge is 2.29. The summed E-state index contributed by atoms with van der Waals surface area (Å²) in [6.07, 6.45) is 0. The van der Waals surface area contributed by atoms with E-state index >= 15 is 0 Å². The number of thiophene rings is 1. The molecule has 1 aromatic heterocycles. The molecule has 0 radical (unpaired) electrons. The van der Waals surface area contributed by atoms with Gasteiger partial charge in [-0.2, -0.15) is 0 Å². The molecule has 1 fully saturated rings. The van der Waals surface area contributed by atoms with Crippen molar-refractivity contribution in [3.63, 3.8) is 0 Å². The molecule has 2 N–H and O–H groups in total. The number of rotatable bonds is 5. The van der Waals surface area contributed by atoms with Crippen LogP contribution in [0.15, 0.2) is 41.8 Å². The average molecular weight is 380 g/mol. The Morgan fingerprint density at radius 1 is 1.24 bits per heavy atom. The van der Waals surface area contributed by atoms with Gasteiger partial charge in [-0.1, -0.05) is 17.7 Å². The lowest BCUT2D eigenvalue weighted by molar-refractivity contribution is 0.0106. The monoisotopic (exact) mass is 379 g/mol. The summed E-state index contributed by atoms with van der Waals surface area (Å²) in [6, 6.07) is 11.1. The quantitative estimate of drug-likeness (QED) is 0.826. The normalized spacial score (nSPS) is 17.7. The number of anilines is 1. The Balaban J connectivity index is 1.66. The lowest BCUT2D eigenvalue weighted by Gasteiger charge is -2.37. The standard InChI is InChI=1S/C18H22ClN3O2S/c1-13(20-18(23)21-15-6-4-14(19)5-7-15)17(16-3-2-12-25-16)22-8-10-24-11-9-22/h2-7,12-13,17H,8-11H2,1H3,(H2,20,21,23)/t13-,17+/m0/s1. The fourth-order valence-corrected chi connectivity index (χ4v) is 4.13. The van der Waals surface area contributed by atoms with Gasteiger partial charge in [-0.05, 0) is 42.6 Å². The van der Waals surface area contributed by atoms with Crippen LogP contribution in [0.4, 0.5) is 10.5 Å². The van der Waals surface area contributed by atoms with E-state index in [-0.39, 0.29) is 18.1 Å². The van der Waals surface area contributed by atoms with Crippen LogP contribution in [0.2, 0.25) is 5.02 Å². The lowest BCUT2D eigenvalue weighted by atomic mass is 10.1. The SMILES string of the molecule is C[C@H](NC(=O)Nc1ccc(Cl)cc1)[C@H](c1cccs1)N1CCOCC1. The van der Waals surface area contributed by atoms with Crippen molar-refractivity contribution in [1.29, 1.82) is 0 Å². The van der Waals surface area contributed by atoms with Crippen LogP contribution in [-0.2, 0) is 4.74 Å². The number of benzene rings is 1. The summed E-state index contributed by atoms with van der Waals surface area (Å²) in [4.78, 5) is 16.0. The summed E-state index contributed by atoms with van der Waals surface area (Å²) in [6.45, 7) is 5.24. The van der Waals surface area contributed by atoms with E-state index in [0.717, 1.165) is 26.3 Å². The smallest absolute Gasteiger partial charge is 0.319 e. The van der Waals surface area contributed by atoms with Gasteiger partial charge in [-0.25, -0.2) is 4.79 Å². The van der Waals surface area contributed by atoms with Crippen LogP contribution in [0.1, 0.15) is 17.8 Å². The molecule has 1 aromatic carbocycles. The minimum Gasteiger partial charge on any atom is -0.379 e. The van der Waals surface area contributed by atoms with Crippen LogP contribution >= 0.6 is 22.9 Å². The first-order valence-corrected chi connectivity index (χ1v) is 9.57. The van der Waals surface area contributed by atoms with Gasteiger partial charge in [0.15, 0.2) is 0 Å². The Hall–Kier alpha value is -1.60. The Kier molecular flexibility index (Phi) is 6.31. The minimum atomic E-state index is -0.218. The Labute approximate surface area is 156 Å². The van der Waals surface area contributed by atoms with Crippen LogP contribution in [0.5, 0.6) is 0 Å². The molecule has 0 unspecified atom stereocenters. The molecule has 0 bridgehead atoms. The van der Waals surface area contributed by atoms with Crippen molar-refractivity contribution in [2.45, 2.75) is 19.0 Å². The van der Waals surface area contributed by atoms with Gasteiger partial charge in [-0.3, -0.25) is 4.90 Å². The van der Waals surface area contributed by atoms with E-state index < -0.39 is 0 Å². The molecule has 1 saturated heterocycles. The molecular weight excluding hydrogens is 358 g/mol. The van der Waals surface area contributed by atoms with Crippen molar-refractivity contribution < 1.29 is 9.53 Å². The summed E-state index contributed by atoms with van der Waals surface area (Å²) in [7, 11) is 0. The molecule has 7 heteroatoms. The van der Waals surface area contributed by atoms with Crippen molar-refractivity contribution in [3.8, 4) is 0 Å². The molecule has 25 heavy (non-hydrogen) atoms. The number of hydrogen-bond donors (Lipinski definition) is 2. The fourth-order valence-electron chi connectivity index (χ4n) is 3.04. The predicted molar refractivity (Wildman–Crippen MR) is 103 cm³/mol. The third-order valence-corrected chi connectivity index (χ3v) is 5.40. The number of amides is 2. The van der Waals surface area contributed by atoms with Crippen molar-refractivity contribution in [1.82, 2.24) is 10.2 Å². The first kappa shape index (κ1) is 18.2. The molecule has 2 heterocycles. The number of ether oxygens (including phenoxy) is 1. The highest BCUT2D eigenvalue weighted by atomic mass is 35.5. The number of carbonyl (C=O) groups excluding carboxylic acids is 1. The van der Waals surface area contributed by atoms with Crippen LogP contribution in [-0.4, -0.2) is 43.3 Å². The molecular formula is C18H22ClN3O2S. The topological polar surface area (TPSA) is 53.6 Å². The molecule has 5 nitrogen and oxygen atoms in total. The number of hydrogen-bond acceptors (Lipinski definition) is 4. The highest BCUT2D eigenvalue weighted by Crippen LogP contribution is 2.29. The summed E-state index contributed by atoms with van der Waals surface area (Å²) < 4.78 is 5.47. The Bertz CT molecular complexity index is 672. The zero-order valence-electron chi connectivity index (χ0n) is 14.1. The second-order valence-electron chi connectivity index (χ2n) is 6.00.